The first kappa shape index (κ1) is 14.1. The summed E-state index contributed by atoms with van der Waals surface area (Å²) in [6, 6.07) is 3.76. The fourth-order valence-corrected chi connectivity index (χ4v) is 2.11. The monoisotopic (exact) mass is 257 g/mol. The fourth-order valence-electron chi connectivity index (χ4n) is 1.88. The van der Waals surface area contributed by atoms with Gasteiger partial charge in [0.1, 0.15) is 5.75 Å². The minimum absolute atomic E-state index is 0.538. The maximum atomic E-state index is 9.81. The summed E-state index contributed by atoms with van der Waals surface area (Å²) in [6.07, 6.45) is 0. The molecular formula is C13H20ClNO2. The zero-order valence-corrected chi connectivity index (χ0v) is 11.8. The van der Waals surface area contributed by atoms with Crippen LogP contribution in [0.15, 0.2) is 12.1 Å². The van der Waals surface area contributed by atoms with Crippen molar-refractivity contribution in [3.05, 3.63) is 22.7 Å². The van der Waals surface area contributed by atoms with Crippen molar-refractivity contribution >= 4 is 17.3 Å². The fraction of sp³-hybridized carbons (Fsp3) is 0.538. The van der Waals surface area contributed by atoms with Crippen molar-refractivity contribution < 1.29 is 9.84 Å². The highest BCUT2D eigenvalue weighted by molar-refractivity contribution is 6.32. The minimum atomic E-state index is -0.742. The van der Waals surface area contributed by atoms with E-state index in [0.29, 0.717) is 17.3 Å². The number of benzene rings is 1. The average Bonchev–Trinajstić information content (AvgIpc) is 2.18. The van der Waals surface area contributed by atoms with Crippen LogP contribution < -0.4 is 9.64 Å². The van der Waals surface area contributed by atoms with E-state index < -0.39 is 5.60 Å². The number of ether oxygens (including phenoxy) is 1. The zero-order valence-electron chi connectivity index (χ0n) is 11.0. The normalized spacial score (nSPS) is 11.5. The van der Waals surface area contributed by atoms with Gasteiger partial charge in [-0.1, -0.05) is 11.6 Å². The second-order valence-electron chi connectivity index (χ2n) is 4.94. The highest BCUT2D eigenvalue weighted by Crippen LogP contribution is 2.32. The van der Waals surface area contributed by atoms with E-state index in [1.165, 1.54) is 0 Å². The molecular weight excluding hydrogens is 238 g/mol. The molecule has 0 aliphatic carbocycles. The van der Waals surface area contributed by atoms with Crippen LogP contribution in [0.2, 0.25) is 5.02 Å². The molecule has 4 heteroatoms. The molecule has 0 spiro atoms. The summed E-state index contributed by atoms with van der Waals surface area (Å²) in [7, 11) is 3.53. The van der Waals surface area contributed by atoms with Gasteiger partial charge in [-0.15, -0.1) is 0 Å². The molecule has 0 bridgehead atoms. The van der Waals surface area contributed by atoms with Gasteiger partial charge in [0.25, 0.3) is 0 Å². The molecule has 0 aliphatic heterocycles. The van der Waals surface area contributed by atoms with Gasteiger partial charge in [-0.3, -0.25) is 0 Å². The van der Waals surface area contributed by atoms with E-state index in [9.17, 15) is 5.11 Å². The molecule has 17 heavy (non-hydrogen) atoms. The first-order chi connectivity index (χ1) is 7.74. The lowest BCUT2D eigenvalue weighted by Gasteiger charge is -2.28. The highest BCUT2D eigenvalue weighted by Gasteiger charge is 2.18. The van der Waals surface area contributed by atoms with E-state index in [1.807, 2.05) is 31.0 Å². The van der Waals surface area contributed by atoms with Gasteiger partial charge >= 0.3 is 0 Å². The number of anilines is 1. The summed E-state index contributed by atoms with van der Waals surface area (Å²) < 4.78 is 5.16. The Hall–Kier alpha value is -0.930. The molecule has 0 saturated heterocycles. The lowest BCUT2D eigenvalue weighted by Crippen LogP contribution is -2.36. The SMILES string of the molecule is COc1cc(C)c(N(C)CC(C)(C)O)cc1Cl. The maximum absolute atomic E-state index is 9.81. The number of aliphatic hydroxyl groups is 1. The summed E-state index contributed by atoms with van der Waals surface area (Å²) in [4.78, 5) is 1.99. The minimum Gasteiger partial charge on any atom is -0.495 e. The quantitative estimate of drug-likeness (QED) is 0.900. The van der Waals surface area contributed by atoms with Crippen LogP contribution in [0.25, 0.3) is 0 Å². The summed E-state index contributed by atoms with van der Waals surface area (Å²) in [5.74, 6) is 0.671. The lowest BCUT2D eigenvalue weighted by atomic mass is 10.1. The van der Waals surface area contributed by atoms with Crippen molar-refractivity contribution in [3.63, 3.8) is 0 Å². The molecule has 96 valence electrons. The molecule has 0 radical (unpaired) electrons. The van der Waals surface area contributed by atoms with Crippen LogP contribution in [0.3, 0.4) is 0 Å². The standard InChI is InChI=1S/C13H20ClNO2/c1-9-6-12(17-5)10(14)7-11(9)15(4)8-13(2,3)16/h6-7,16H,8H2,1-5H3. The van der Waals surface area contributed by atoms with Crippen LogP contribution >= 0.6 is 11.6 Å². The van der Waals surface area contributed by atoms with Crippen LogP contribution in [0.5, 0.6) is 5.75 Å². The van der Waals surface area contributed by atoms with E-state index in [2.05, 4.69) is 0 Å². The van der Waals surface area contributed by atoms with Gasteiger partial charge in [-0.05, 0) is 38.5 Å². The van der Waals surface area contributed by atoms with Crippen molar-refractivity contribution in [1.29, 1.82) is 0 Å². The zero-order chi connectivity index (χ0) is 13.2. The van der Waals surface area contributed by atoms with Gasteiger partial charge < -0.3 is 14.7 Å². The van der Waals surface area contributed by atoms with Gasteiger partial charge in [-0.25, -0.2) is 0 Å². The molecule has 0 saturated carbocycles. The lowest BCUT2D eigenvalue weighted by molar-refractivity contribution is 0.0886. The van der Waals surface area contributed by atoms with E-state index in [0.717, 1.165) is 11.3 Å². The first-order valence-corrected chi connectivity index (χ1v) is 5.90. The molecule has 0 aliphatic rings. The number of halogens is 1. The molecule has 0 aromatic heterocycles. The second-order valence-corrected chi connectivity index (χ2v) is 5.35. The van der Waals surface area contributed by atoms with Crippen LogP contribution in [-0.2, 0) is 0 Å². The van der Waals surface area contributed by atoms with Gasteiger partial charge in [0.15, 0.2) is 0 Å². The Morgan fingerprint density at radius 3 is 2.47 bits per heavy atom. The number of aryl methyl sites for hydroxylation is 1. The molecule has 0 atom stereocenters. The molecule has 0 amide bonds. The number of nitrogens with zero attached hydrogens (tertiary/aromatic N) is 1. The third-order valence-electron chi connectivity index (χ3n) is 2.51. The number of hydrogen-bond donors (Lipinski definition) is 1. The third kappa shape index (κ3) is 3.79. The van der Waals surface area contributed by atoms with Crippen LogP contribution in [-0.4, -0.2) is 31.4 Å². The Balaban J connectivity index is 3.02. The third-order valence-corrected chi connectivity index (χ3v) is 2.80. The number of rotatable bonds is 4. The van der Waals surface area contributed by atoms with E-state index in [-0.39, 0.29) is 0 Å². The Labute approximate surface area is 108 Å². The Bertz CT molecular complexity index is 399. The molecule has 1 rings (SSSR count). The van der Waals surface area contributed by atoms with Crippen molar-refractivity contribution in [1.82, 2.24) is 0 Å². The first-order valence-electron chi connectivity index (χ1n) is 5.52. The maximum Gasteiger partial charge on any atom is 0.137 e. The van der Waals surface area contributed by atoms with Crippen LogP contribution in [0.4, 0.5) is 5.69 Å². The van der Waals surface area contributed by atoms with Crippen molar-refractivity contribution in [2.45, 2.75) is 26.4 Å². The van der Waals surface area contributed by atoms with Crippen molar-refractivity contribution in [2.24, 2.45) is 0 Å². The van der Waals surface area contributed by atoms with E-state index in [4.69, 9.17) is 16.3 Å². The van der Waals surface area contributed by atoms with Gasteiger partial charge in [-0.2, -0.15) is 0 Å². The average molecular weight is 258 g/mol. The molecule has 1 N–H and O–H groups in total. The summed E-state index contributed by atoms with van der Waals surface area (Å²) in [6.45, 7) is 6.10. The predicted molar refractivity (Wildman–Crippen MR) is 72.3 cm³/mol. The predicted octanol–water partition coefficient (Wildman–Crippen LogP) is 2.86. The van der Waals surface area contributed by atoms with Gasteiger partial charge in [0.2, 0.25) is 0 Å². The Morgan fingerprint density at radius 2 is 2.00 bits per heavy atom. The van der Waals surface area contributed by atoms with E-state index in [1.54, 1.807) is 21.0 Å². The molecule has 1 aromatic carbocycles. The van der Waals surface area contributed by atoms with Gasteiger partial charge in [0.05, 0.1) is 17.7 Å². The van der Waals surface area contributed by atoms with Crippen molar-refractivity contribution in [2.75, 3.05) is 25.6 Å². The number of likely N-dealkylation sites (N-methyl/N-ethyl adjacent to an activating group) is 1. The molecule has 3 nitrogen and oxygen atoms in total. The second kappa shape index (κ2) is 5.15. The summed E-state index contributed by atoms with van der Waals surface area (Å²) in [5.41, 5.74) is 1.32. The number of hydrogen-bond acceptors (Lipinski definition) is 3. The molecule has 1 aromatic rings. The van der Waals surface area contributed by atoms with E-state index >= 15 is 0 Å². The highest BCUT2D eigenvalue weighted by atomic mass is 35.5. The smallest absolute Gasteiger partial charge is 0.137 e. The van der Waals surface area contributed by atoms with Crippen LogP contribution in [0, 0.1) is 6.92 Å². The largest absolute Gasteiger partial charge is 0.495 e. The van der Waals surface area contributed by atoms with Crippen molar-refractivity contribution in [3.8, 4) is 5.75 Å². The van der Waals surface area contributed by atoms with Crippen LogP contribution in [0.1, 0.15) is 19.4 Å². The van der Waals surface area contributed by atoms with Gasteiger partial charge in [0, 0.05) is 19.3 Å². The topological polar surface area (TPSA) is 32.7 Å². The molecule has 0 fully saturated rings. The summed E-state index contributed by atoms with van der Waals surface area (Å²) in [5, 5.41) is 10.4. The summed E-state index contributed by atoms with van der Waals surface area (Å²) >= 11 is 6.10. The Kier molecular flexibility index (Phi) is 4.28. The Morgan fingerprint density at radius 1 is 1.41 bits per heavy atom. The molecule has 0 unspecified atom stereocenters. The number of methoxy groups -OCH3 is 1. The molecule has 0 heterocycles.